The van der Waals surface area contributed by atoms with Crippen LogP contribution in [0.15, 0.2) is 48.5 Å². The van der Waals surface area contributed by atoms with Gasteiger partial charge in [0.15, 0.2) is 0 Å². The van der Waals surface area contributed by atoms with Gasteiger partial charge in [-0.1, -0.05) is 59.6 Å². The van der Waals surface area contributed by atoms with E-state index in [0.717, 1.165) is 11.5 Å². The molecule has 0 heterocycles. The SMILES string of the molecule is O=C(CCSCc1ccccc1)Nc1cccc(Cl)c1Cl. The van der Waals surface area contributed by atoms with E-state index in [1.165, 1.54) is 5.56 Å². The molecule has 1 N–H and O–H groups in total. The maximum Gasteiger partial charge on any atom is 0.225 e. The molecular weight excluding hydrogens is 325 g/mol. The highest BCUT2D eigenvalue weighted by Gasteiger charge is 2.08. The molecule has 0 aliphatic rings. The van der Waals surface area contributed by atoms with E-state index in [2.05, 4.69) is 17.4 Å². The number of rotatable bonds is 6. The van der Waals surface area contributed by atoms with E-state index >= 15 is 0 Å². The largest absolute Gasteiger partial charge is 0.325 e. The van der Waals surface area contributed by atoms with Crippen LogP contribution in [0, 0.1) is 0 Å². The van der Waals surface area contributed by atoms with Crippen molar-refractivity contribution >= 4 is 46.6 Å². The minimum atomic E-state index is -0.0558. The monoisotopic (exact) mass is 339 g/mol. The lowest BCUT2D eigenvalue weighted by atomic mass is 10.2. The molecule has 0 spiro atoms. The molecule has 0 aliphatic heterocycles. The number of carbonyl (C=O) groups is 1. The molecule has 2 aromatic rings. The van der Waals surface area contributed by atoms with Crippen LogP contribution in [0.2, 0.25) is 10.0 Å². The van der Waals surface area contributed by atoms with Gasteiger partial charge in [0.2, 0.25) is 5.91 Å². The summed E-state index contributed by atoms with van der Waals surface area (Å²) in [4.78, 5) is 11.9. The number of carbonyl (C=O) groups excluding carboxylic acids is 1. The van der Waals surface area contributed by atoms with Gasteiger partial charge in [-0.2, -0.15) is 11.8 Å². The summed E-state index contributed by atoms with van der Waals surface area (Å²) in [5.41, 5.74) is 1.82. The fourth-order valence-corrected chi connectivity index (χ4v) is 2.99. The maximum absolute atomic E-state index is 11.9. The number of nitrogens with one attached hydrogen (secondary N) is 1. The van der Waals surface area contributed by atoms with Gasteiger partial charge in [0.05, 0.1) is 15.7 Å². The summed E-state index contributed by atoms with van der Waals surface area (Å²) >= 11 is 13.7. The van der Waals surface area contributed by atoms with Gasteiger partial charge in [-0.15, -0.1) is 0 Å². The van der Waals surface area contributed by atoms with Crippen molar-refractivity contribution in [1.29, 1.82) is 0 Å². The van der Waals surface area contributed by atoms with Crippen molar-refractivity contribution in [2.75, 3.05) is 11.1 Å². The van der Waals surface area contributed by atoms with Gasteiger partial charge in [0.1, 0.15) is 0 Å². The highest BCUT2D eigenvalue weighted by atomic mass is 35.5. The molecule has 0 bridgehead atoms. The molecule has 21 heavy (non-hydrogen) atoms. The Bertz CT molecular complexity index is 604. The van der Waals surface area contributed by atoms with Crippen LogP contribution in [0.25, 0.3) is 0 Å². The number of hydrogen-bond donors (Lipinski definition) is 1. The van der Waals surface area contributed by atoms with Crippen LogP contribution in [0.1, 0.15) is 12.0 Å². The molecule has 0 radical (unpaired) electrons. The first-order chi connectivity index (χ1) is 10.2. The highest BCUT2D eigenvalue weighted by Crippen LogP contribution is 2.29. The van der Waals surface area contributed by atoms with Gasteiger partial charge >= 0.3 is 0 Å². The summed E-state index contributed by atoms with van der Waals surface area (Å²) in [6.07, 6.45) is 0.445. The molecule has 0 fully saturated rings. The van der Waals surface area contributed by atoms with Crippen molar-refractivity contribution in [3.05, 3.63) is 64.1 Å². The minimum Gasteiger partial charge on any atom is -0.325 e. The van der Waals surface area contributed by atoms with Crippen LogP contribution in [0.4, 0.5) is 5.69 Å². The van der Waals surface area contributed by atoms with Gasteiger partial charge in [0.25, 0.3) is 0 Å². The first-order valence-electron chi connectivity index (χ1n) is 6.52. The molecule has 0 aliphatic carbocycles. The average molecular weight is 340 g/mol. The quantitative estimate of drug-likeness (QED) is 0.727. The van der Waals surface area contributed by atoms with Crippen molar-refractivity contribution in [2.24, 2.45) is 0 Å². The zero-order valence-corrected chi connectivity index (χ0v) is 13.6. The summed E-state index contributed by atoms with van der Waals surface area (Å²) in [7, 11) is 0. The standard InChI is InChI=1S/C16H15Cl2NOS/c17-13-7-4-8-14(16(13)18)19-15(20)9-10-21-11-12-5-2-1-3-6-12/h1-8H,9-11H2,(H,19,20). The third-order valence-electron chi connectivity index (χ3n) is 2.81. The molecule has 1 amide bonds. The summed E-state index contributed by atoms with van der Waals surface area (Å²) in [5.74, 6) is 1.62. The fraction of sp³-hybridized carbons (Fsp3) is 0.188. The summed E-state index contributed by atoms with van der Waals surface area (Å²) in [6, 6.07) is 15.4. The zero-order chi connectivity index (χ0) is 15.1. The van der Waals surface area contributed by atoms with E-state index in [-0.39, 0.29) is 5.91 Å². The molecule has 0 saturated carbocycles. The second-order valence-electron chi connectivity index (χ2n) is 4.44. The Morgan fingerprint density at radius 1 is 1.05 bits per heavy atom. The molecule has 0 saturated heterocycles. The fourth-order valence-electron chi connectivity index (χ4n) is 1.74. The molecule has 0 atom stereocenters. The topological polar surface area (TPSA) is 29.1 Å². The van der Waals surface area contributed by atoms with Crippen molar-refractivity contribution in [3.8, 4) is 0 Å². The Labute approximate surface area is 138 Å². The Morgan fingerprint density at radius 2 is 1.81 bits per heavy atom. The van der Waals surface area contributed by atoms with E-state index < -0.39 is 0 Å². The molecule has 110 valence electrons. The van der Waals surface area contributed by atoms with Crippen LogP contribution < -0.4 is 5.32 Å². The Balaban J connectivity index is 1.74. The number of amides is 1. The summed E-state index contributed by atoms with van der Waals surface area (Å²) < 4.78 is 0. The Hall–Kier alpha value is -1.16. The van der Waals surface area contributed by atoms with Gasteiger partial charge < -0.3 is 5.32 Å². The van der Waals surface area contributed by atoms with Crippen molar-refractivity contribution < 1.29 is 4.79 Å². The molecule has 0 unspecified atom stereocenters. The first kappa shape index (κ1) is 16.2. The Kier molecular flexibility index (Phi) is 6.43. The predicted octanol–water partition coefficient (Wildman–Crippen LogP) is 5.26. The molecule has 2 nitrogen and oxygen atoms in total. The van der Waals surface area contributed by atoms with Crippen molar-refractivity contribution in [2.45, 2.75) is 12.2 Å². The van der Waals surface area contributed by atoms with Crippen LogP contribution >= 0.6 is 35.0 Å². The lowest BCUT2D eigenvalue weighted by Crippen LogP contribution is -2.12. The van der Waals surface area contributed by atoms with Gasteiger partial charge in [-0.25, -0.2) is 0 Å². The first-order valence-corrected chi connectivity index (χ1v) is 8.43. The van der Waals surface area contributed by atoms with E-state index in [1.54, 1.807) is 30.0 Å². The third kappa shape index (κ3) is 5.27. The predicted molar refractivity (Wildman–Crippen MR) is 92.3 cm³/mol. The van der Waals surface area contributed by atoms with Crippen molar-refractivity contribution in [1.82, 2.24) is 0 Å². The minimum absolute atomic E-state index is 0.0558. The van der Waals surface area contributed by atoms with Gasteiger partial charge in [-0.3, -0.25) is 4.79 Å². The highest BCUT2D eigenvalue weighted by molar-refractivity contribution is 7.98. The number of halogens is 2. The lowest BCUT2D eigenvalue weighted by molar-refractivity contribution is -0.115. The van der Waals surface area contributed by atoms with E-state index in [9.17, 15) is 4.79 Å². The van der Waals surface area contributed by atoms with E-state index in [4.69, 9.17) is 23.2 Å². The summed E-state index contributed by atoms with van der Waals surface area (Å²) in [6.45, 7) is 0. The average Bonchev–Trinajstić information content (AvgIpc) is 2.49. The van der Waals surface area contributed by atoms with Crippen molar-refractivity contribution in [3.63, 3.8) is 0 Å². The Morgan fingerprint density at radius 3 is 2.57 bits per heavy atom. The molecule has 5 heteroatoms. The van der Waals surface area contributed by atoms with Crippen LogP contribution in [-0.4, -0.2) is 11.7 Å². The third-order valence-corrected chi connectivity index (χ3v) is 4.66. The van der Waals surface area contributed by atoms with Crippen LogP contribution in [-0.2, 0) is 10.5 Å². The van der Waals surface area contributed by atoms with Crippen LogP contribution in [0.3, 0.4) is 0 Å². The number of thioether (sulfide) groups is 1. The molecule has 2 aromatic carbocycles. The lowest BCUT2D eigenvalue weighted by Gasteiger charge is -2.08. The van der Waals surface area contributed by atoms with Gasteiger partial charge in [-0.05, 0) is 17.7 Å². The molecule has 0 aromatic heterocycles. The second kappa shape index (κ2) is 8.32. The number of benzene rings is 2. The number of anilines is 1. The zero-order valence-electron chi connectivity index (χ0n) is 11.3. The van der Waals surface area contributed by atoms with E-state index in [0.29, 0.717) is 22.2 Å². The normalized spacial score (nSPS) is 10.4. The van der Waals surface area contributed by atoms with E-state index in [1.807, 2.05) is 18.2 Å². The second-order valence-corrected chi connectivity index (χ2v) is 6.33. The molecule has 2 rings (SSSR count). The van der Waals surface area contributed by atoms with Crippen LogP contribution in [0.5, 0.6) is 0 Å². The van der Waals surface area contributed by atoms with Gasteiger partial charge in [0, 0.05) is 17.9 Å². The maximum atomic E-state index is 11.9. The molecular formula is C16H15Cl2NOS. The summed E-state index contributed by atoms with van der Waals surface area (Å²) in [5, 5.41) is 3.60. The number of hydrogen-bond acceptors (Lipinski definition) is 2. The smallest absolute Gasteiger partial charge is 0.225 e.